The number of para-hydroxylation sites is 1. The van der Waals surface area contributed by atoms with Gasteiger partial charge in [0.1, 0.15) is 11.5 Å². The van der Waals surface area contributed by atoms with E-state index in [9.17, 15) is 24.6 Å². The van der Waals surface area contributed by atoms with Crippen molar-refractivity contribution in [2.45, 2.75) is 0 Å². The zero-order valence-corrected chi connectivity index (χ0v) is 17.6. The van der Waals surface area contributed by atoms with Crippen LogP contribution in [0.3, 0.4) is 0 Å². The van der Waals surface area contributed by atoms with Crippen LogP contribution in [0.25, 0.3) is 11.3 Å². The van der Waals surface area contributed by atoms with E-state index in [2.05, 4.69) is 10.5 Å². The molecular formula is C25H18N2O7. The molecule has 1 amide bonds. The van der Waals surface area contributed by atoms with Crippen molar-refractivity contribution in [3.63, 3.8) is 0 Å². The van der Waals surface area contributed by atoms with Crippen molar-refractivity contribution in [3.05, 3.63) is 95.7 Å². The number of hydrogen-bond donors (Lipinski definition) is 3. The Morgan fingerprint density at radius 2 is 1.68 bits per heavy atom. The van der Waals surface area contributed by atoms with E-state index in [-0.39, 0.29) is 40.8 Å². The van der Waals surface area contributed by atoms with Crippen molar-refractivity contribution in [3.8, 4) is 22.8 Å². The lowest BCUT2D eigenvalue weighted by atomic mass is 10.1. The van der Waals surface area contributed by atoms with Gasteiger partial charge in [0.15, 0.2) is 23.8 Å². The Labute approximate surface area is 193 Å². The van der Waals surface area contributed by atoms with Crippen LogP contribution in [0.1, 0.15) is 31.2 Å². The molecule has 170 valence electrons. The normalized spacial score (nSPS) is 10.5. The Morgan fingerprint density at radius 1 is 0.941 bits per heavy atom. The molecule has 0 radical (unpaired) electrons. The lowest BCUT2D eigenvalue weighted by Crippen LogP contribution is -2.15. The van der Waals surface area contributed by atoms with Gasteiger partial charge in [-0.3, -0.25) is 9.59 Å². The second-order valence-electron chi connectivity index (χ2n) is 7.14. The smallest absolute Gasteiger partial charge is 0.337 e. The van der Waals surface area contributed by atoms with Crippen LogP contribution in [0.15, 0.2) is 83.4 Å². The first-order valence-corrected chi connectivity index (χ1v) is 10.1. The molecule has 0 atom stereocenters. The molecule has 0 aliphatic carbocycles. The number of aromatic hydroxyl groups is 1. The summed E-state index contributed by atoms with van der Waals surface area (Å²) in [6, 6.07) is 20.5. The lowest BCUT2D eigenvalue weighted by Gasteiger charge is -2.09. The topological polar surface area (TPSA) is 139 Å². The third-order valence-corrected chi connectivity index (χ3v) is 4.83. The maximum Gasteiger partial charge on any atom is 0.337 e. The third kappa shape index (κ3) is 4.94. The number of rotatable bonds is 8. The number of carboxylic acid groups (broad SMARTS) is 1. The number of ether oxygens (including phenoxy) is 1. The SMILES string of the molecule is O=C(COc1ccccc1-c1cc(C(=O)Nc2ccc(O)cc2C(=O)O)no1)c1ccccc1. The van der Waals surface area contributed by atoms with Gasteiger partial charge in [-0.2, -0.15) is 0 Å². The molecule has 0 aliphatic rings. The number of anilines is 1. The van der Waals surface area contributed by atoms with E-state index >= 15 is 0 Å². The predicted octanol–water partition coefficient (Wildman–Crippen LogP) is 4.26. The summed E-state index contributed by atoms with van der Waals surface area (Å²) >= 11 is 0. The number of nitrogens with zero attached hydrogens (tertiary/aromatic N) is 1. The zero-order chi connectivity index (χ0) is 24.1. The van der Waals surface area contributed by atoms with Gasteiger partial charge in [-0.25, -0.2) is 4.79 Å². The maximum atomic E-state index is 12.6. The molecular weight excluding hydrogens is 440 g/mol. The van der Waals surface area contributed by atoms with E-state index in [1.807, 2.05) is 6.07 Å². The van der Waals surface area contributed by atoms with Gasteiger partial charge < -0.3 is 24.8 Å². The van der Waals surface area contributed by atoms with E-state index in [1.54, 1.807) is 48.5 Å². The minimum Gasteiger partial charge on any atom is -0.508 e. The molecule has 0 saturated carbocycles. The van der Waals surface area contributed by atoms with Crippen LogP contribution in [0.4, 0.5) is 5.69 Å². The standard InChI is InChI=1S/C25H18N2O7/c28-16-10-11-19(18(12-16)25(31)32)26-24(30)20-13-23(34-27-20)17-8-4-5-9-22(17)33-14-21(29)15-6-2-1-3-7-15/h1-13,28H,14H2,(H,26,30)(H,31,32). The van der Waals surface area contributed by atoms with Gasteiger partial charge in [-0.15, -0.1) is 0 Å². The molecule has 9 heteroatoms. The minimum atomic E-state index is -1.32. The number of carbonyl (C=O) groups is 3. The highest BCUT2D eigenvalue weighted by molar-refractivity contribution is 6.07. The van der Waals surface area contributed by atoms with Crippen LogP contribution < -0.4 is 10.1 Å². The second kappa shape index (κ2) is 9.70. The van der Waals surface area contributed by atoms with Crippen LogP contribution in [0.5, 0.6) is 11.5 Å². The number of ketones is 1. The average Bonchev–Trinajstić information content (AvgIpc) is 3.34. The minimum absolute atomic E-state index is 0.0111. The Morgan fingerprint density at radius 3 is 2.44 bits per heavy atom. The highest BCUT2D eigenvalue weighted by Gasteiger charge is 2.19. The average molecular weight is 458 g/mol. The van der Waals surface area contributed by atoms with Crippen molar-refractivity contribution >= 4 is 23.3 Å². The summed E-state index contributed by atoms with van der Waals surface area (Å²) in [6.45, 7) is -0.193. The summed E-state index contributed by atoms with van der Waals surface area (Å²) in [6.07, 6.45) is 0. The number of phenolic OH excluding ortho intramolecular Hbond substituents is 1. The summed E-state index contributed by atoms with van der Waals surface area (Å²) in [5.41, 5.74) is 0.607. The van der Waals surface area contributed by atoms with Crippen LogP contribution in [0, 0.1) is 0 Å². The van der Waals surface area contributed by atoms with Crippen LogP contribution in [-0.4, -0.2) is 39.6 Å². The van der Waals surface area contributed by atoms with Crippen molar-refractivity contribution in [1.29, 1.82) is 0 Å². The number of phenols is 1. The summed E-state index contributed by atoms with van der Waals surface area (Å²) in [7, 11) is 0. The first kappa shape index (κ1) is 22.3. The molecule has 0 aliphatic heterocycles. The fraction of sp³-hybridized carbons (Fsp3) is 0.0400. The largest absolute Gasteiger partial charge is 0.508 e. The highest BCUT2D eigenvalue weighted by Crippen LogP contribution is 2.31. The number of Topliss-reactive ketones (excluding diaryl/α,β-unsaturated/α-hetero) is 1. The van der Waals surface area contributed by atoms with E-state index in [0.29, 0.717) is 16.9 Å². The number of aromatic nitrogens is 1. The van der Waals surface area contributed by atoms with Gasteiger partial charge >= 0.3 is 5.97 Å². The number of benzene rings is 3. The van der Waals surface area contributed by atoms with Gasteiger partial charge in [0.25, 0.3) is 5.91 Å². The molecule has 1 heterocycles. The third-order valence-electron chi connectivity index (χ3n) is 4.83. The number of nitrogens with one attached hydrogen (secondary N) is 1. The molecule has 4 aromatic rings. The Balaban J connectivity index is 1.51. The molecule has 1 aromatic heterocycles. The summed E-state index contributed by atoms with van der Waals surface area (Å²) in [4.78, 5) is 36.4. The number of hydrogen-bond acceptors (Lipinski definition) is 7. The molecule has 9 nitrogen and oxygen atoms in total. The van der Waals surface area contributed by atoms with Gasteiger partial charge in [0.05, 0.1) is 16.8 Å². The fourth-order valence-corrected chi connectivity index (χ4v) is 3.16. The molecule has 0 fully saturated rings. The van der Waals surface area contributed by atoms with Crippen LogP contribution in [0.2, 0.25) is 0 Å². The molecule has 0 unspecified atom stereocenters. The fourth-order valence-electron chi connectivity index (χ4n) is 3.16. The van der Waals surface area contributed by atoms with Gasteiger partial charge in [0.2, 0.25) is 0 Å². The lowest BCUT2D eigenvalue weighted by molar-refractivity contribution is 0.0697. The van der Waals surface area contributed by atoms with Gasteiger partial charge in [-0.1, -0.05) is 47.6 Å². The molecule has 34 heavy (non-hydrogen) atoms. The van der Waals surface area contributed by atoms with Crippen molar-refractivity contribution in [2.24, 2.45) is 0 Å². The zero-order valence-electron chi connectivity index (χ0n) is 17.6. The van der Waals surface area contributed by atoms with Gasteiger partial charge in [-0.05, 0) is 30.3 Å². The van der Waals surface area contributed by atoms with E-state index in [0.717, 1.165) is 6.07 Å². The monoisotopic (exact) mass is 458 g/mol. The molecule has 3 N–H and O–H groups in total. The van der Waals surface area contributed by atoms with Crippen LogP contribution in [-0.2, 0) is 0 Å². The van der Waals surface area contributed by atoms with E-state index in [4.69, 9.17) is 9.26 Å². The predicted molar refractivity (Wildman–Crippen MR) is 121 cm³/mol. The van der Waals surface area contributed by atoms with E-state index < -0.39 is 11.9 Å². The summed E-state index contributed by atoms with van der Waals surface area (Å²) in [5.74, 6) is -1.89. The van der Waals surface area contributed by atoms with Crippen molar-refractivity contribution in [1.82, 2.24) is 5.16 Å². The highest BCUT2D eigenvalue weighted by atomic mass is 16.5. The number of carbonyl (C=O) groups excluding carboxylic acids is 2. The molecule has 0 bridgehead atoms. The maximum absolute atomic E-state index is 12.6. The van der Waals surface area contributed by atoms with Crippen molar-refractivity contribution in [2.75, 3.05) is 11.9 Å². The molecule has 0 spiro atoms. The molecule has 0 saturated heterocycles. The van der Waals surface area contributed by atoms with Gasteiger partial charge in [0, 0.05) is 11.6 Å². The number of aromatic carboxylic acids is 1. The number of carboxylic acids is 1. The first-order valence-electron chi connectivity index (χ1n) is 10.1. The van der Waals surface area contributed by atoms with Crippen molar-refractivity contribution < 1.29 is 33.9 Å². The molecule has 4 rings (SSSR count). The summed E-state index contributed by atoms with van der Waals surface area (Å²) < 4.78 is 11.0. The Hall–Kier alpha value is -4.92. The van der Waals surface area contributed by atoms with Crippen LogP contribution >= 0.6 is 0 Å². The quantitative estimate of drug-likeness (QED) is 0.263. The Bertz CT molecular complexity index is 1360. The molecule has 3 aromatic carbocycles. The first-order chi connectivity index (χ1) is 16.4. The number of amides is 1. The van der Waals surface area contributed by atoms with E-state index in [1.165, 1.54) is 18.2 Å². The summed E-state index contributed by atoms with van der Waals surface area (Å²) in [5, 5.41) is 25.0. The second-order valence-corrected chi connectivity index (χ2v) is 7.14. The Kier molecular flexibility index (Phi) is 6.35.